The van der Waals surface area contributed by atoms with E-state index in [1.54, 1.807) is 0 Å². The predicted molar refractivity (Wildman–Crippen MR) is 79.1 cm³/mol. The van der Waals surface area contributed by atoms with Crippen molar-refractivity contribution >= 4 is 17.7 Å². The number of nitrogens with one attached hydrogen (secondary N) is 2. The van der Waals surface area contributed by atoms with Gasteiger partial charge in [0.05, 0.1) is 18.8 Å². The Bertz CT molecular complexity index is 564. The minimum Gasteiger partial charge on any atom is -0.489 e. The van der Waals surface area contributed by atoms with Crippen LogP contribution in [0.4, 0.5) is 14.9 Å². The summed E-state index contributed by atoms with van der Waals surface area (Å²) < 4.78 is 23.5. The van der Waals surface area contributed by atoms with Gasteiger partial charge in [0.25, 0.3) is 0 Å². The van der Waals surface area contributed by atoms with E-state index < -0.39 is 30.0 Å². The van der Waals surface area contributed by atoms with Crippen LogP contribution in [-0.4, -0.2) is 54.7 Å². The molecule has 0 saturated carbocycles. The molecular weight excluding hydrogens is 311 g/mol. The van der Waals surface area contributed by atoms with E-state index in [0.717, 1.165) is 13.0 Å². The summed E-state index contributed by atoms with van der Waals surface area (Å²) in [6.45, 7) is 1.02. The molecule has 0 aliphatic heterocycles. The molecule has 0 bridgehead atoms. The van der Waals surface area contributed by atoms with Gasteiger partial charge < -0.3 is 30.3 Å². The van der Waals surface area contributed by atoms with E-state index in [2.05, 4.69) is 10.6 Å². The van der Waals surface area contributed by atoms with Crippen molar-refractivity contribution in [3.05, 3.63) is 24.0 Å². The molecule has 1 aromatic carbocycles. The van der Waals surface area contributed by atoms with Crippen LogP contribution in [0.5, 0.6) is 5.75 Å². The second-order valence-corrected chi connectivity index (χ2v) is 4.87. The summed E-state index contributed by atoms with van der Waals surface area (Å²) in [5, 5.41) is 22.8. The molecule has 0 fully saturated rings. The molecule has 2 amide bonds. The van der Waals surface area contributed by atoms with E-state index in [1.807, 2.05) is 0 Å². The van der Waals surface area contributed by atoms with Crippen LogP contribution in [0.25, 0.3) is 0 Å². The number of carboxylic acid groups (broad SMARTS) is 1. The third-order valence-corrected chi connectivity index (χ3v) is 2.79. The van der Waals surface area contributed by atoms with Gasteiger partial charge in [0.2, 0.25) is 0 Å². The van der Waals surface area contributed by atoms with Crippen LogP contribution < -0.4 is 15.4 Å². The van der Waals surface area contributed by atoms with Gasteiger partial charge in [0, 0.05) is 13.2 Å². The average molecular weight is 330 g/mol. The highest BCUT2D eigenvalue weighted by atomic mass is 19.1. The number of urea groups is 1. The van der Waals surface area contributed by atoms with Gasteiger partial charge >= 0.3 is 12.0 Å². The van der Waals surface area contributed by atoms with E-state index in [9.17, 15) is 19.1 Å². The molecule has 4 N–H and O–H groups in total. The van der Waals surface area contributed by atoms with E-state index >= 15 is 0 Å². The van der Waals surface area contributed by atoms with Crippen molar-refractivity contribution in [1.29, 1.82) is 0 Å². The van der Waals surface area contributed by atoms with Crippen LogP contribution in [0.3, 0.4) is 0 Å². The molecule has 0 saturated heterocycles. The average Bonchev–Trinajstić information content (AvgIpc) is 2.47. The van der Waals surface area contributed by atoms with E-state index in [4.69, 9.17) is 14.6 Å². The smallest absolute Gasteiger partial charge is 0.337 e. The standard InChI is InChI=1S/C14H19FN2O6/c1-14(21,12(18)19)8-16-13(20)17-10-7-9(15)3-4-11(10)23-6-5-22-2/h3-4,7,21H,5-6,8H2,1-2H3,(H,18,19)(H2,16,17,20). The molecule has 9 heteroatoms. The molecule has 128 valence electrons. The first-order chi connectivity index (χ1) is 10.8. The van der Waals surface area contributed by atoms with Crippen molar-refractivity contribution in [2.24, 2.45) is 0 Å². The lowest BCUT2D eigenvalue weighted by atomic mass is 10.1. The molecule has 0 aliphatic carbocycles. The number of rotatable bonds is 8. The molecule has 1 atom stereocenters. The van der Waals surface area contributed by atoms with Gasteiger partial charge in [0.15, 0.2) is 5.60 Å². The van der Waals surface area contributed by atoms with Gasteiger partial charge in [-0.05, 0) is 19.1 Å². The summed E-state index contributed by atoms with van der Waals surface area (Å²) in [5.74, 6) is -1.84. The minimum absolute atomic E-state index is 0.0635. The lowest BCUT2D eigenvalue weighted by molar-refractivity contribution is -0.155. The van der Waals surface area contributed by atoms with Crippen LogP contribution >= 0.6 is 0 Å². The highest BCUT2D eigenvalue weighted by molar-refractivity contribution is 5.91. The minimum atomic E-state index is -2.11. The summed E-state index contributed by atoms with van der Waals surface area (Å²) in [4.78, 5) is 22.5. The molecule has 0 aliphatic rings. The fourth-order valence-corrected chi connectivity index (χ4v) is 1.46. The number of hydrogen-bond acceptors (Lipinski definition) is 5. The van der Waals surface area contributed by atoms with Gasteiger partial charge in [-0.15, -0.1) is 0 Å². The quantitative estimate of drug-likeness (QED) is 0.524. The number of hydrogen-bond donors (Lipinski definition) is 4. The van der Waals surface area contributed by atoms with Crippen LogP contribution in [-0.2, 0) is 9.53 Å². The molecule has 1 rings (SSSR count). The Hall–Kier alpha value is -2.39. The van der Waals surface area contributed by atoms with E-state index in [-0.39, 0.29) is 18.0 Å². The molecule has 8 nitrogen and oxygen atoms in total. The van der Waals surface area contributed by atoms with E-state index in [0.29, 0.717) is 6.61 Å². The zero-order valence-corrected chi connectivity index (χ0v) is 12.8. The Morgan fingerprint density at radius 3 is 2.65 bits per heavy atom. The lowest BCUT2D eigenvalue weighted by Crippen LogP contribution is -2.47. The third kappa shape index (κ3) is 6.09. The SMILES string of the molecule is COCCOc1ccc(F)cc1NC(=O)NCC(C)(O)C(=O)O. The van der Waals surface area contributed by atoms with Gasteiger partial charge in [-0.3, -0.25) is 0 Å². The number of carbonyl (C=O) groups excluding carboxylic acids is 1. The molecule has 1 unspecified atom stereocenters. The van der Waals surface area contributed by atoms with Crippen molar-refractivity contribution in [3.8, 4) is 5.75 Å². The van der Waals surface area contributed by atoms with Gasteiger partial charge in [0.1, 0.15) is 18.2 Å². The van der Waals surface area contributed by atoms with Crippen LogP contribution in [0, 0.1) is 5.82 Å². The van der Waals surface area contributed by atoms with Gasteiger partial charge in [-0.1, -0.05) is 0 Å². The predicted octanol–water partition coefficient (Wildman–Crippen LogP) is 0.808. The first kappa shape index (κ1) is 18.7. The maximum Gasteiger partial charge on any atom is 0.337 e. The van der Waals surface area contributed by atoms with Crippen LogP contribution in [0.2, 0.25) is 0 Å². The number of halogens is 1. The Morgan fingerprint density at radius 2 is 2.04 bits per heavy atom. The second-order valence-electron chi connectivity index (χ2n) is 4.87. The maximum absolute atomic E-state index is 13.3. The molecule has 1 aromatic rings. The number of aliphatic carboxylic acids is 1. The normalized spacial score (nSPS) is 13.0. The topological polar surface area (TPSA) is 117 Å². The number of carbonyl (C=O) groups is 2. The number of ether oxygens (including phenoxy) is 2. The van der Waals surface area contributed by atoms with Crippen molar-refractivity contribution in [3.63, 3.8) is 0 Å². The number of anilines is 1. The fourth-order valence-electron chi connectivity index (χ4n) is 1.46. The van der Waals surface area contributed by atoms with Crippen LogP contribution in [0.15, 0.2) is 18.2 Å². The number of carboxylic acids is 1. The molecule has 0 radical (unpaired) electrons. The Labute approximate surface area is 132 Å². The Morgan fingerprint density at radius 1 is 1.35 bits per heavy atom. The first-order valence-corrected chi connectivity index (χ1v) is 6.68. The molecule has 0 aromatic heterocycles. The highest BCUT2D eigenvalue weighted by Gasteiger charge is 2.30. The summed E-state index contributed by atoms with van der Waals surface area (Å²) in [6, 6.07) is 2.75. The summed E-state index contributed by atoms with van der Waals surface area (Å²) in [7, 11) is 1.50. The highest BCUT2D eigenvalue weighted by Crippen LogP contribution is 2.25. The maximum atomic E-state index is 13.3. The number of amides is 2. The zero-order valence-electron chi connectivity index (χ0n) is 12.8. The van der Waals surface area contributed by atoms with Gasteiger partial charge in [-0.25, -0.2) is 14.0 Å². The number of aliphatic hydroxyl groups is 1. The summed E-state index contributed by atoms with van der Waals surface area (Å²) in [5.41, 5.74) is -2.05. The number of methoxy groups -OCH3 is 1. The Kier molecular flexibility index (Phi) is 6.73. The zero-order chi connectivity index (χ0) is 17.5. The summed E-state index contributed by atoms with van der Waals surface area (Å²) in [6.07, 6.45) is 0. The molecular formula is C14H19FN2O6. The number of benzene rings is 1. The summed E-state index contributed by atoms with van der Waals surface area (Å²) >= 11 is 0. The molecule has 23 heavy (non-hydrogen) atoms. The monoisotopic (exact) mass is 330 g/mol. The van der Waals surface area contributed by atoms with Crippen molar-refractivity contribution in [2.75, 3.05) is 32.2 Å². The Balaban J connectivity index is 2.69. The largest absolute Gasteiger partial charge is 0.489 e. The first-order valence-electron chi connectivity index (χ1n) is 6.68. The van der Waals surface area contributed by atoms with Crippen LogP contribution in [0.1, 0.15) is 6.92 Å². The van der Waals surface area contributed by atoms with Crippen molar-refractivity contribution in [2.45, 2.75) is 12.5 Å². The lowest BCUT2D eigenvalue weighted by Gasteiger charge is -2.19. The second kappa shape index (κ2) is 8.30. The van der Waals surface area contributed by atoms with E-state index in [1.165, 1.54) is 19.2 Å². The van der Waals surface area contributed by atoms with Gasteiger partial charge in [-0.2, -0.15) is 0 Å². The van der Waals surface area contributed by atoms with Crippen molar-refractivity contribution in [1.82, 2.24) is 5.32 Å². The molecule has 0 heterocycles. The molecule has 0 spiro atoms. The van der Waals surface area contributed by atoms with Crippen molar-refractivity contribution < 1.29 is 33.7 Å². The fraction of sp³-hybridized carbons (Fsp3) is 0.429. The third-order valence-electron chi connectivity index (χ3n) is 2.79.